The van der Waals surface area contributed by atoms with E-state index >= 15 is 0 Å². The zero-order valence-corrected chi connectivity index (χ0v) is 8.51. The molecule has 0 aliphatic rings. The molecule has 0 saturated carbocycles. The molecular formula is C10H12ClN3. The molecule has 0 aliphatic carbocycles. The van der Waals surface area contributed by atoms with E-state index < -0.39 is 0 Å². The number of rotatable bonds is 4. The molecule has 0 aromatic heterocycles. The van der Waals surface area contributed by atoms with Crippen molar-refractivity contribution in [2.24, 2.45) is 5.73 Å². The molecule has 0 atom stereocenters. The van der Waals surface area contributed by atoms with Crippen molar-refractivity contribution in [2.45, 2.75) is 6.42 Å². The number of benzene rings is 1. The minimum absolute atomic E-state index is 0.477. The van der Waals surface area contributed by atoms with Crippen molar-refractivity contribution in [1.29, 1.82) is 5.26 Å². The molecule has 3 N–H and O–H groups in total. The van der Waals surface area contributed by atoms with Crippen LogP contribution < -0.4 is 11.1 Å². The Hall–Kier alpha value is -1.24. The number of halogens is 1. The summed E-state index contributed by atoms with van der Waals surface area (Å²) in [5.41, 5.74) is 6.77. The van der Waals surface area contributed by atoms with Crippen molar-refractivity contribution in [3.05, 3.63) is 28.8 Å². The summed E-state index contributed by atoms with van der Waals surface area (Å²) >= 11 is 5.86. The van der Waals surface area contributed by atoms with E-state index in [1.165, 1.54) is 0 Å². The maximum Gasteiger partial charge on any atom is 0.101 e. The second-order valence-electron chi connectivity index (χ2n) is 2.88. The predicted molar refractivity (Wildman–Crippen MR) is 58.3 cm³/mol. The van der Waals surface area contributed by atoms with Crippen molar-refractivity contribution in [1.82, 2.24) is 0 Å². The molecule has 0 amide bonds. The van der Waals surface area contributed by atoms with Gasteiger partial charge < -0.3 is 11.1 Å². The largest absolute Gasteiger partial charge is 0.385 e. The minimum Gasteiger partial charge on any atom is -0.385 e. The van der Waals surface area contributed by atoms with Gasteiger partial charge >= 0.3 is 0 Å². The van der Waals surface area contributed by atoms with Crippen LogP contribution in [0.1, 0.15) is 12.0 Å². The van der Waals surface area contributed by atoms with E-state index in [9.17, 15) is 0 Å². The lowest BCUT2D eigenvalue weighted by Crippen LogP contribution is -2.08. The summed E-state index contributed by atoms with van der Waals surface area (Å²) < 4.78 is 0. The molecule has 1 rings (SSSR count). The summed E-state index contributed by atoms with van der Waals surface area (Å²) in [5.74, 6) is 0. The predicted octanol–water partition coefficient (Wildman–Crippen LogP) is 1.97. The van der Waals surface area contributed by atoms with E-state index in [1.807, 2.05) is 12.1 Å². The van der Waals surface area contributed by atoms with Crippen molar-refractivity contribution in [3.63, 3.8) is 0 Å². The SMILES string of the molecule is N#Cc1ccc(NCCCN)cc1Cl. The molecule has 3 nitrogen and oxygen atoms in total. The Labute approximate surface area is 88.5 Å². The van der Waals surface area contributed by atoms with Crippen LogP contribution in [0, 0.1) is 11.3 Å². The number of hydrogen-bond donors (Lipinski definition) is 2. The van der Waals surface area contributed by atoms with Gasteiger partial charge in [0.2, 0.25) is 0 Å². The highest BCUT2D eigenvalue weighted by atomic mass is 35.5. The van der Waals surface area contributed by atoms with Crippen LogP contribution in [0.4, 0.5) is 5.69 Å². The standard InChI is InChI=1S/C10H12ClN3/c11-10-6-9(14-5-1-4-12)3-2-8(10)7-13/h2-3,6,14H,1,4-5,12H2. The smallest absolute Gasteiger partial charge is 0.101 e. The van der Waals surface area contributed by atoms with Crippen LogP contribution in [0.15, 0.2) is 18.2 Å². The highest BCUT2D eigenvalue weighted by Crippen LogP contribution is 2.19. The highest BCUT2D eigenvalue weighted by molar-refractivity contribution is 6.32. The lowest BCUT2D eigenvalue weighted by molar-refractivity contribution is 0.874. The molecule has 0 aliphatic heterocycles. The summed E-state index contributed by atoms with van der Waals surface area (Å²) in [6.07, 6.45) is 0.914. The molecule has 14 heavy (non-hydrogen) atoms. The average molecular weight is 210 g/mol. The summed E-state index contributed by atoms with van der Waals surface area (Å²) in [4.78, 5) is 0. The van der Waals surface area contributed by atoms with Crippen LogP contribution in [0.25, 0.3) is 0 Å². The lowest BCUT2D eigenvalue weighted by atomic mass is 10.2. The molecule has 0 bridgehead atoms. The highest BCUT2D eigenvalue weighted by Gasteiger charge is 1.99. The Kier molecular flexibility index (Phi) is 4.24. The number of nitrogens with zero attached hydrogens (tertiary/aromatic N) is 1. The van der Waals surface area contributed by atoms with Gasteiger partial charge in [0.25, 0.3) is 0 Å². The Morgan fingerprint density at radius 3 is 2.86 bits per heavy atom. The third-order valence-electron chi connectivity index (χ3n) is 1.80. The molecule has 4 heteroatoms. The third kappa shape index (κ3) is 2.91. The molecular weight excluding hydrogens is 198 g/mol. The molecule has 0 spiro atoms. The van der Waals surface area contributed by atoms with Crippen LogP contribution in [0.5, 0.6) is 0 Å². The normalized spacial score (nSPS) is 9.50. The first kappa shape index (κ1) is 10.8. The summed E-state index contributed by atoms with van der Waals surface area (Å²) in [7, 11) is 0. The van der Waals surface area contributed by atoms with Crippen molar-refractivity contribution < 1.29 is 0 Å². The number of hydrogen-bond acceptors (Lipinski definition) is 3. The van der Waals surface area contributed by atoms with E-state index in [2.05, 4.69) is 5.32 Å². The Morgan fingerprint density at radius 1 is 1.50 bits per heavy atom. The zero-order chi connectivity index (χ0) is 10.4. The van der Waals surface area contributed by atoms with E-state index in [-0.39, 0.29) is 0 Å². The van der Waals surface area contributed by atoms with Gasteiger partial charge in [-0.3, -0.25) is 0 Å². The summed E-state index contributed by atoms with van der Waals surface area (Å²) in [6.45, 7) is 1.48. The van der Waals surface area contributed by atoms with Gasteiger partial charge in [0, 0.05) is 12.2 Å². The van der Waals surface area contributed by atoms with Gasteiger partial charge in [-0.2, -0.15) is 5.26 Å². The Morgan fingerprint density at radius 2 is 2.29 bits per heavy atom. The number of nitrogens with two attached hydrogens (primary N) is 1. The van der Waals surface area contributed by atoms with E-state index in [0.29, 0.717) is 17.1 Å². The molecule has 1 aromatic carbocycles. The van der Waals surface area contributed by atoms with Gasteiger partial charge in [0.15, 0.2) is 0 Å². The first-order chi connectivity index (χ1) is 6.77. The Bertz CT molecular complexity index is 344. The van der Waals surface area contributed by atoms with E-state index in [0.717, 1.165) is 18.7 Å². The molecule has 0 unspecified atom stereocenters. The van der Waals surface area contributed by atoms with Crippen LogP contribution in [-0.4, -0.2) is 13.1 Å². The topological polar surface area (TPSA) is 61.8 Å². The fourth-order valence-corrected chi connectivity index (χ4v) is 1.27. The van der Waals surface area contributed by atoms with E-state index in [4.69, 9.17) is 22.6 Å². The molecule has 0 fully saturated rings. The van der Waals surface area contributed by atoms with Crippen molar-refractivity contribution >= 4 is 17.3 Å². The first-order valence-corrected chi connectivity index (χ1v) is 4.79. The van der Waals surface area contributed by atoms with Gasteiger partial charge in [-0.25, -0.2) is 0 Å². The number of nitrogens with one attached hydrogen (secondary N) is 1. The summed E-state index contributed by atoms with van der Waals surface area (Å²) in [5, 5.41) is 12.3. The van der Waals surface area contributed by atoms with Crippen LogP contribution in [0.3, 0.4) is 0 Å². The van der Waals surface area contributed by atoms with Crippen LogP contribution >= 0.6 is 11.6 Å². The van der Waals surface area contributed by atoms with Crippen LogP contribution in [0.2, 0.25) is 5.02 Å². The molecule has 74 valence electrons. The average Bonchev–Trinajstić information content (AvgIpc) is 2.18. The zero-order valence-electron chi connectivity index (χ0n) is 7.76. The van der Waals surface area contributed by atoms with Gasteiger partial charge in [-0.05, 0) is 31.2 Å². The summed E-state index contributed by atoms with van der Waals surface area (Å²) in [6, 6.07) is 7.29. The molecule has 1 aromatic rings. The molecule has 0 radical (unpaired) electrons. The second-order valence-corrected chi connectivity index (χ2v) is 3.28. The molecule has 0 heterocycles. The fourth-order valence-electron chi connectivity index (χ4n) is 1.05. The maximum absolute atomic E-state index is 8.65. The second kappa shape index (κ2) is 5.48. The quantitative estimate of drug-likeness (QED) is 0.746. The number of anilines is 1. The van der Waals surface area contributed by atoms with Gasteiger partial charge in [-0.1, -0.05) is 11.6 Å². The fraction of sp³-hybridized carbons (Fsp3) is 0.300. The van der Waals surface area contributed by atoms with Crippen molar-refractivity contribution in [2.75, 3.05) is 18.4 Å². The van der Waals surface area contributed by atoms with Gasteiger partial charge in [0.1, 0.15) is 6.07 Å². The third-order valence-corrected chi connectivity index (χ3v) is 2.11. The van der Waals surface area contributed by atoms with E-state index in [1.54, 1.807) is 12.1 Å². The minimum atomic E-state index is 0.477. The lowest BCUT2D eigenvalue weighted by Gasteiger charge is -2.05. The first-order valence-electron chi connectivity index (χ1n) is 4.41. The van der Waals surface area contributed by atoms with Crippen LogP contribution in [-0.2, 0) is 0 Å². The molecule has 0 saturated heterocycles. The Balaban J connectivity index is 2.63. The van der Waals surface area contributed by atoms with Gasteiger partial charge in [-0.15, -0.1) is 0 Å². The van der Waals surface area contributed by atoms with Crippen molar-refractivity contribution in [3.8, 4) is 6.07 Å². The monoisotopic (exact) mass is 209 g/mol. The number of nitriles is 1. The maximum atomic E-state index is 8.65. The van der Waals surface area contributed by atoms with Gasteiger partial charge in [0.05, 0.1) is 10.6 Å².